The van der Waals surface area contributed by atoms with Crippen molar-refractivity contribution in [1.82, 2.24) is 4.98 Å². The molecule has 2 aromatic carbocycles. The van der Waals surface area contributed by atoms with Gasteiger partial charge >= 0.3 is 0 Å². The summed E-state index contributed by atoms with van der Waals surface area (Å²) in [5.41, 5.74) is 0.696. The third-order valence-corrected chi connectivity index (χ3v) is 6.35. The molecule has 1 aliphatic heterocycles. The number of hydrogen-bond donors (Lipinski definition) is 0. The Hall–Kier alpha value is -3.44. The fraction of sp³-hybridized carbons (Fsp3) is 0.333. The van der Waals surface area contributed by atoms with E-state index in [1.807, 2.05) is 25.1 Å². The third-order valence-electron chi connectivity index (χ3n) is 5.31. The van der Waals surface area contributed by atoms with Crippen LogP contribution in [-0.4, -0.2) is 40.0 Å². The van der Waals surface area contributed by atoms with E-state index in [1.165, 1.54) is 16.2 Å². The normalized spacial score (nSPS) is 15.7. The molecule has 0 N–H and O–H groups in total. The summed E-state index contributed by atoms with van der Waals surface area (Å²) in [4.78, 5) is 40.5. The maximum atomic E-state index is 13.5. The Morgan fingerprint density at radius 2 is 1.91 bits per heavy atom. The number of carbonyl (C=O) groups is 1. The summed E-state index contributed by atoms with van der Waals surface area (Å²) < 4.78 is 6.60. The van der Waals surface area contributed by atoms with Gasteiger partial charge < -0.3 is 4.74 Å². The van der Waals surface area contributed by atoms with Gasteiger partial charge in [-0.25, -0.2) is 4.98 Å². The van der Waals surface area contributed by atoms with Crippen molar-refractivity contribution in [2.24, 2.45) is 0 Å². The summed E-state index contributed by atoms with van der Waals surface area (Å²) in [6.45, 7) is 2.84. The summed E-state index contributed by atoms with van der Waals surface area (Å²) in [5, 5.41) is 23.0. The molecule has 3 aromatic rings. The molecule has 1 aliphatic rings. The van der Waals surface area contributed by atoms with Gasteiger partial charge in [0.05, 0.1) is 44.3 Å². The van der Waals surface area contributed by atoms with E-state index in [2.05, 4.69) is 4.98 Å². The first kappa shape index (κ1) is 21.8. The van der Waals surface area contributed by atoms with Gasteiger partial charge in [0.25, 0.3) is 17.3 Å². The van der Waals surface area contributed by atoms with E-state index in [4.69, 9.17) is 4.74 Å². The van der Waals surface area contributed by atoms with Crippen molar-refractivity contribution in [3.05, 3.63) is 67.8 Å². The van der Waals surface area contributed by atoms with Crippen molar-refractivity contribution in [3.63, 3.8) is 0 Å². The number of nitro groups is 2. The molecule has 0 saturated carbocycles. The van der Waals surface area contributed by atoms with Gasteiger partial charge in [-0.2, -0.15) is 0 Å². The van der Waals surface area contributed by atoms with Gasteiger partial charge in [-0.1, -0.05) is 24.3 Å². The van der Waals surface area contributed by atoms with Crippen molar-refractivity contribution >= 4 is 44.0 Å². The molecule has 11 heteroatoms. The van der Waals surface area contributed by atoms with Crippen LogP contribution >= 0.6 is 11.3 Å². The minimum absolute atomic E-state index is 0.141. The number of non-ortho nitro benzene ring substituents is 2. The highest BCUT2D eigenvalue weighted by Crippen LogP contribution is 2.33. The lowest BCUT2D eigenvalue weighted by Gasteiger charge is -2.23. The Labute approximate surface area is 186 Å². The fourth-order valence-electron chi connectivity index (χ4n) is 3.62. The Morgan fingerprint density at radius 3 is 2.50 bits per heavy atom. The minimum Gasteiger partial charge on any atom is -0.376 e. The summed E-state index contributed by atoms with van der Waals surface area (Å²) in [7, 11) is 0. The van der Waals surface area contributed by atoms with E-state index in [-0.39, 0.29) is 18.2 Å². The van der Waals surface area contributed by atoms with Gasteiger partial charge in [-0.3, -0.25) is 29.9 Å². The molecule has 1 fully saturated rings. The zero-order valence-corrected chi connectivity index (χ0v) is 18.0. The number of amides is 1. The molecule has 0 spiro atoms. The van der Waals surface area contributed by atoms with Crippen LogP contribution in [0.2, 0.25) is 0 Å². The predicted molar refractivity (Wildman–Crippen MR) is 119 cm³/mol. The Kier molecular flexibility index (Phi) is 6.10. The largest absolute Gasteiger partial charge is 0.376 e. The van der Waals surface area contributed by atoms with E-state index < -0.39 is 27.1 Å². The number of ether oxygens (including phenoxy) is 1. The minimum atomic E-state index is -0.752. The smallest absolute Gasteiger partial charge is 0.277 e. The lowest BCUT2D eigenvalue weighted by Crippen LogP contribution is -2.37. The molecule has 166 valence electrons. The second kappa shape index (κ2) is 8.97. The maximum Gasteiger partial charge on any atom is 0.277 e. The first-order valence-corrected chi connectivity index (χ1v) is 10.9. The zero-order chi connectivity index (χ0) is 22.8. The Balaban J connectivity index is 1.77. The molecule has 1 aromatic heterocycles. The second-order valence-electron chi connectivity index (χ2n) is 7.46. The number of nitrogens with zero attached hydrogens (tertiary/aromatic N) is 4. The highest BCUT2D eigenvalue weighted by molar-refractivity contribution is 7.22. The van der Waals surface area contributed by atoms with Gasteiger partial charge in [0.1, 0.15) is 0 Å². The van der Waals surface area contributed by atoms with Crippen molar-refractivity contribution in [2.45, 2.75) is 32.3 Å². The molecule has 1 unspecified atom stereocenters. The molecule has 32 heavy (non-hydrogen) atoms. The van der Waals surface area contributed by atoms with Crippen molar-refractivity contribution < 1.29 is 19.4 Å². The SMILES string of the molecule is CCc1ccc2nc(N(CC3CCCO3)C(=O)c3cc([N+](=O)[O-])cc([N+](=O)[O-])c3)sc2c1. The van der Waals surface area contributed by atoms with Crippen LogP contribution < -0.4 is 4.90 Å². The molecule has 0 aliphatic carbocycles. The number of thiazole rings is 1. The highest BCUT2D eigenvalue weighted by atomic mass is 32.1. The van der Waals surface area contributed by atoms with E-state index >= 15 is 0 Å². The van der Waals surface area contributed by atoms with Crippen LogP contribution in [0.3, 0.4) is 0 Å². The monoisotopic (exact) mass is 456 g/mol. The van der Waals surface area contributed by atoms with Crippen molar-refractivity contribution in [2.75, 3.05) is 18.1 Å². The summed E-state index contributed by atoms with van der Waals surface area (Å²) in [5.74, 6) is -0.595. The number of nitro benzene ring substituents is 2. The zero-order valence-electron chi connectivity index (χ0n) is 17.2. The summed E-state index contributed by atoms with van der Waals surface area (Å²) >= 11 is 1.33. The number of aromatic nitrogens is 1. The summed E-state index contributed by atoms with van der Waals surface area (Å²) in [6, 6.07) is 8.83. The van der Waals surface area contributed by atoms with Crippen LogP contribution in [-0.2, 0) is 11.2 Å². The van der Waals surface area contributed by atoms with Gasteiger partial charge in [-0.05, 0) is 37.0 Å². The molecular formula is C21H20N4O6S. The average Bonchev–Trinajstić information content (AvgIpc) is 3.45. The standard InChI is InChI=1S/C21H20N4O6S/c1-2-13-5-6-18-19(8-13)32-21(22-18)23(12-17-4-3-7-31-17)20(26)14-9-15(24(27)28)11-16(10-14)25(29)30/h5-6,8-11,17H,2-4,7,12H2,1H3. The summed E-state index contributed by atoms with van der Waals surface area (Å²) in [6.07, 6.45) is 2.29. The van der Waals surface area contributed by atoms with Gasteiger partial charge in [0.2, 0.25) is 0 Å². The molecule has 0 bridgehead atoms. The third kappa shape index (κ3) is 4.43. The Morgan fingerprint density at radius 1 is 1.19 bits per heavy atom. The van der Waals surface area contributed by atoms with Crippen molar-refractivity contribution in [3.8, 4) is 0 Å². The lowest BCUT2D eigenvalue weighted by molar-refractivity contribution is -0.394. The molecule has 2 heterocycles. The van der Waals surface area contributed by atoms with Gasteiger partial charge in [0, 0.05) is 18.7 Å². The molecule has 1 saturated heterocycles. The number of hydrogen-bond acceptors (Lipinski definition) is 8. The molecule has 1 amide bonds. The molecule has 4 rings (SSSR count). The average molecular weight is 456 g/mol. The van der Waals surface area contributed by atoms with Crippen LogP contribution in [0.25, 0.3) is 10.2 Å². The van der Waals surface area contributed by atoms with E-state index in [1.54, 1.807) is 0 Å². The quantitative estimate of drug-likeness (QED) is 0.378. The number of aryl methyl sites for hydroxylation is 1. The lowest BCUT2D eigenvalue weighted by atomic mass is 10.1. The number of fused-ring (bicyclic) bond motifs is 1. The maximum absolute atomic E-state index is 13.5. The van der Waals surface area contributed by atoms with Crippen LogP contribution in [0.15, 0.2) is 36.4 Å². The van der Waals surface area contributed by atoms with Crippen molar-refractivity contribution in [1.29, 1.82) is 0 Å². The molecule has 1 atom stereocenters. The fourth-order valence-corrected chi connectivity index (χ4v) is 4.65. The Bertz CT molecular complexity index is 1170. The van der Waals surface area contributed by atoms with Crippen LogP contribution in [0.1, 0.15) is 35.7 Å². The van der Waals surface area contributed by atoms with Crippen LogP contribution in [0.5, 0.6) is 0 Å². The second-order valence-corrected chi connectivity index (χ2v) is 8.46. The van der Waals surface area contributed by atoms with Gasteiger partial charge in [0.15, 0.2) is 5.13 Å². The van der Waals surface area contributed by atoms with Crippen LogP contribution in [0.4, 0.5) is 16.5 Å². The first-order valence-electron chi connectivity index (χ1n) is 10.1. The number of benzene rings is 2. The van der Waals surface area contributed by atoms with E-state index in [0.29, 0.717) is 11.7 Å². The van der Waals surface area contributed by atoms with Crippen LogP contribution in [0, 0.1) is 20.2 Å². The molecular weight excluding hydrogens is 436 g/mol. The molecule has 0 radical (unpaired) electrons. The topological polar surface area (TPSA) is 129 Å². The first-order chi connectivity index (χ1) is 15.4. The highest BCUT2D eigenvalue weighted by Gasteiger charge is 2.29. The number of anilines is 1. The number of carbonyl (C=O) groups excluding carboxylic acids is 1. The van der Waals surface area contributed by atoms with E-state index in [9.17, 15) is 25.0 Å². The number of rotatable bonds is 7. The van der Waals surface area contributed by atoms with Gasteiger partial charge in [-0.15, -0.1) is 0 Å². The molecule has 10 nitrogen and oxygen atoms in total. The van der Waals surface area contributed by atoms with E-state index in [0.717, 1.165) is 53.2 Å². The predicted octanol–water partition coefficient (Wildman–Crippen LogP) is 4.50.